The van der Waals surface area contributed by atoms with Crippen molar-refractivity contribution in [3.8, 4) is 11.3 Å². The van der Waals surface area contributed by atoms with Gasteiger partial charge in [0.1, 0.15) is 11.8 Å². The van der Waals surface area contributed by atoms with Crippen molar-refractivity contribution in [1.29, 1.82) is 0 Å². The fourth-order valence-electron chi connectivity index (χ4n) is 2.75. The topological polar surface area (TPSA) is 58.9 Å². The van der Waals surface area contributed by atoms with Crippen molar-refractivity contribution in [3.05, 3.63) is 89.5 Å². The first-order chi connectivity index (χ1) is 12.2. The summed E-state index contributed by atoms with van der Waals surface area (Å²) in [5.74, 6) is 0. The molecule has 0 aliphatic carbocycles. The third-order valence-corrected chi connectivity index (χ3v) is 4.33. The van der Waals surface area contributed by atoms with Gasteiger partial charge in [-0.15, -0.1) is 0 Å². The summed E-state index contributed by atoms with van der Waals surface area (Å²) in [5, 5.41) is 11.8. The van der Waals surface area contributed by atoms with Gasteiger partial charge >= 0.3 is 0 Å². The van der Waals surface area contributed by atoms with Crippen LogP contribution in [-0.4, -0.2) is 20.1 Å². The van der Waals surface area contributed by atoms with Crippen LogP contribution in [0.5, 0.6) is 0 Å². The van der Waals surface area contributed by atoms with E-state index in [4.69, 9.17) is 16.6 Å². The number of hydrogen-bond donors (Lipinski definition) is 1. The Kier molecular flexibility index (Phi) is 4.14. The van der Waals surface area contributed by atoms with Gasteiger partial charge < -0.3 is 5.11 Å². The summed E-state index contributed by atoms with van der Waals surface area (Å²) in [5.41, 5.74) is 3.75. The van der Waals surface area contributed by atoms with E-state index in [2.05, 4.69) is 9.97 Å². The fraction of sp³-hybridized carbons (Fsp3) is 0.0500. The molecule has 4 rings (SSSR count). The third kappa shape index (κ3) is 3.09. The fourth-order valence-corrected chi connectivity index (χ4v) is 2.96. The van der Waals surface area contributed by atoms with Crippen LogP contribution in [0.25, 0.3) is 22.2 Å². The standard InChI is InChI=1S/C20H14ClN3O/c21-20-18(22-10-11-23-20)19(25)15-7-6-14-8-9-16(24-17(14)12-15)13-4-2-1-3-5-13/h1-12,19,25H/t19-/m0/s1. The summed E-state index contributed by atoms with van der Waals surface area (Å²) >= 11 is 6.04. The van der Waals surface area contributed by atoms with Crippen molar-refractivity contribution in [2.45, 2.75) is 6.10 Å². The van der Waals surface area contributed by atoms with E-state index in [1.54, 1.807) is 0 Å². The SMILES string of the molecule is O[C@@H](c1ccc2ccc(-c3ccccc3)nc2c1)c1nccnc1Cl. The van der Waals surface area contributed by atoms with E-state index in [9.17, 15) is 5.11 Å². The van der Waals surface area contributed by atoms with E-state index in [0.717, 1.165) is 22.2 Å². The summed E-state index contributed by atoms with van der Waals surface area (Å²) in [4.78, 5) is 12.8. The van der Waals surface area contributed by atoms with E-state index in [-0.39, 0.29) is 5.15 Å². The number of hydrogen-bond acceptors (Lipinski definition) is 4. The summed E-state index contributed by atoms with van der Waals surface area (Å²) in [6.07, 6.45) is 2.05. The predicted octanol–water partition coefficient (Wildman–Crippen LogP) is 4.43. The maximum Gasteiger partial charge on any atom is 0.153 e. The zero-order valence-corrected chi connectivity index (χ0v) is 13.9. The minimum Gasteiger partial charge on any atom is -0.382 e. The van der Waals surface area contributed by atoms with Crippen LogP contribution >= 0.6 is 11.6 Å². The van der Waals surface area contributed by atoms with Gasteiger partial charge in [-0.1, -0.05) is 60.1 Å². The van der Waals surface area contributed by atoms with Crippen molar-refractivity contribution < 1.29 is 5.11 Å². The van der Waals surface area contributed by atoms with Gasteiger partial charge in [0, 0.05) is 23.3 Å². The number of aliphatic hydroxyl groups excluding tert-OH is 1. The lowest BCUT2D eigenvalue weighted by Gasteiger charge is -2.12. The monoisotopic (exact) mass is 347 g/mol. The lowest BCUT2D eigenvalue weighted by Crippen LogP contribution is -2.04. The molecule has 4 aromatic rings. The molecule has 0 fully saturated rings. The maximum atomic E-state index is 10.6. The van der Waals surface area contributed by atoms with Crippen LogP contribution in [0.3, 0.4) is 0 Å². The highest BCUT2D eigenvalue weighted by Crippen LogP contribution is 2.28. The molecule has 1 N–H and O–H groups in total. The van der Waals surface area contributed by atoms with Gasteiger partial charge in [0.2, 0.25) is 0 Å². The Balaban J connectivity index is 1.78. The van der Waals surface area contributed by atoms with E-state index in [0.29, 0.717) is 11.3 Å². The number of nitrogens with zero attached hydrogens (tertiary/aromatic N) is 3. The molecule has 0 bridgehead atoms. The van der Waals surface area contributed by atoms with E-state index in [1.807, 2.05) is 60.7 Å². The van der Waals surface area contributed by atoms with Crippen molar-refractivity contribution in [3.63, 3.8) is 0 Å². The predicted molar refractivity (Wildman–Crippen MR) is 98.3 cm³/mol. The Morgan fingerprint density at radius 1 is 0.880 bits per heavy atom. The second-order valence-corrected chi connectivity index (χ2v) is 6.01. The Morgan fingerprint density at radius 2 is 1.64 bits per heavy atom. The molecule has 1 atom stereocenters. The number of rotatable bonds is 3. The number of aromatic nitrogens is 3. The number of benzene rings is 2. The van der Waals surface area contributed by atoms with Crippen LogP contribution in [-0.2, 0) is 0 Å². The van der Waals surface area contributed by atoms with Crippen LogP contribution in [0.15, 0.2) is 73.1 Å². The molecule has 0 spiro atoms. The summed E-state index contributed by atoms with van der Waals surface area (Å²) in [7, 11) is 0. The minimum atomic E-state index is -0.951. The molecule has 0 unspecified atom stereocenters. The molecule has 122 valence electrons. The highest BCUT2D eigenvalue weighted by molar-refractivity contribution is 6.30. The highest BCUT2D eigenvalue weighted by Gasteiger charge is 2.16. The summed E-state index contributed by atoms with van der Waals surface area (Å²) in [6.45, 7) is 0. The first-order valence-corrected chi connectivity index (χ1v) is 8.21. The van der Waals surface area contributed by atoms with Gasteiger partial charge in [-0.25, -0.2) is 9.97 Å². The highest BCUT2D eigenvalue weighted by atomic mass is 35.5. The molecule has 0 radical (unpaired) electrons. The Morgan fingerprint density at radius 3 is 2.44 bits per heavy atom. The van der Waals surface area contributed by atoms with Gasteiger partial charge in [0.05, 0.1) is 11.2 Å². The van der Waals surface area contributed by atoms with Gasteiger partial charge in [-0.3, -0.25) is 4.98 Å². The first kappa shape index (κ1) is 15.7. The zero-order chi connectivity index (χ0) is 17.2. The summed E-state index contributed by atoms with van der Waals surface area (Å²) < 4.78 is 0. The van der Waals surface area contributed by atoms with Crippen LogP contribution in [0, 0.1) is 0 Å². The molecule has 2 aromatic heterocycles. The van der Waals surface area contributed by atoms with E-state index in [1.165, 1.54) is 12.4 Å². The molecule has 0 aliphatic rings. The first-order valence-electron chi connectivity index (χ1n) is 7.83. The molecule has 5 heteroatoms. The van der Waals surface area contributed by atoms with E-state index < -0.39 is 6.10 Å². The van der Waals surface area contributed by atoms with Crippen molar-refractivity contribution in [1.82, 2.24) is 15.0 Å². The largest absolute Gasteiger partial charge is 0.382 e. The number of fused-ring (bicyclic) bond motifs is 1. The molecular formula is C20H14ClN3O. The molecule has 4 nitrogen and oxygen atoms in total. The normalized spacial score (nSPS) is 12.2. The van der Waals surface area contributed by atoms with Crippen LogP contribution < -0.4 is 0 Å². The molecule has 0 amide bonds. The molecule has 0 saturated heterocycles. The molecule has 25 heavy (non-hydrogen) atoms. The lowest BCUT2D eigenvalue weighted by atomic mass is 10.0. The van der Waals surface area contributed by atoms with Gasteiger partial charge in [-0.2, -0.15) is 0 Å². The summed E-state index contributed by atoms with van der Waals surface area (Å²) in [6, 6.07) is 19.6. The second kappa shape index (κ2) is 6.59. The van der Waals surface area contributed by atoms with Crippen molar-refractivity contribution in [2.75, 3.05) is 0 Å². The van der Waals surface area contributed by atoms with Crippen LogP contribution in [0.2, 0.25) is 5.15 Å². The average Bonchev–Trinajstić information content (AvgIpc) is 2.67. The van der Waals surface area contributed by atoms with Crippen LogP contribution in [0.4, 0.5) is 0 Å². The number of pyridine rings is 1. The Bertz CT molecular complexity index is 1040. The minimum absolute atomic E-state index is 0.195. The van der Waals surface area contributed by atoms with Gasteiger partial charge in [-0.05, 0) is 17.7 Å². The van der Waals surface area contributed by atoms with Gasteiger partial charge in [0.25, 0.3) is 0 Å². The Hall–Kier alpha value is -2.82. The number of aliphatic hydroxyl groups is 1. The molecule has 2 heterocycles. The second-order valence-electron chi connectivity index (χ2n) is 5.65. The molecule has 0 saturated carbocycles. The van der Waals surface area contributed by atoms with Crippen molar-refractivity contribution >= 4 is 22.5 Å². The Labute approximate surface area is 149 Å². The van der Waals surface area contributed by atoms with Gasteiger partial charge in [0.15, 0.2) is 5.15 Å². The maximum absolute atomic E-state index is 10.6. The van der Waals surface area contributed by atoms with Crippen LogP contribution in [0.1, 0.15) is 17.4 Å². The van der Waals surface area contributed by atoms with E-state index >= 15 is 0 Å². The lowest BCUT2D eigenvalue weighted by molar-refractivity contribution is 0.215. The quantitative estimate of drug-likeness (QED) is 0.595. The average molecular weight is 348 g/mol. The molecule has 2 aromatic carbocycles. The van der Waals surface area contributed by atoms with Crippen molar-refractivity contribution in [2.24, 2.45) is 0 Å². The smallest absolute Gasteiger partial charge is 0.153 e. The molecular weight excluding hydrogens is 334 g/mol. The third-order valence-electron chi connectivity index (χ3n) is 4.04. The number of halogens is 1. The molecule has 0 aliphatic heterocycles. The zero-order valence-electron chi connectivity index (χ0n) is 13.2.